The van der Waals surface area contributed by atoms with E-state index in [1.54, 1.807) is 41.0 Å². The number of hydrogen-bond acceptors (Lipinski definition) is 4. The zero-order chi connectivity index (χ0) is 22.1. The van der Waals surface area contributed by atoms with Gasteiger partial charge in [-0.3, -0.25) is 14.5 Å². The summed E-state index contributed by atoms with van der Waals surface area (Å²) in [6.07, 6.45) is 8.46. The van der Waals surface area contributed by atoms with Gasteiger partial charge in [-0.25, -0.2) is 17.7 Å². The summed E-state index contributed by atoms with van der Waals surface area (Å²) in [7, 11) is 1.68. The van der Waals surface area contributed by atoms with Crippen LogP contribution in [0.2, 0.25) is 0 Å². The lowest BCUT2D eigenvalue weighted by Gasteiger charge is -2.34. The summed E-state index contributed by atoms with van der Waals surface area (Å²) in [5, 5.41) is 8.85. The Morgan fingerprint density at radius 2 is 1.91 bits per heavy atom. The molecule has 1 fully saturated rings. The molecule has 0 unspecified atom stereocenters. The van der Waals surface area contributed by atoms with Gasteiger partial charge in [0.1, 0.15) is 0 Å². The smallest absolute Gasteiger partial charge is 0.258 e. The number of carbonyl (C=O) groups excluding carboxylic acids is 1. The molecule has 2 atom stereocenters. The van der Waals surface area contributed by atoms with Crippen molar-refractivity contribution in [3.8, 4) is 11.3 Å². The molecule has 0 spiro atoms. The highest BCUT2D eigenvalue weighted by molar-refractivity contribution is 6.01. The number of fused-ring (bicyclic) bond motifs is 5. The van der Waals surface area contributed by atoms with Gasteiger partial charge in [0.15, 0.2) is 17.5 Å². The highest BCUT2D eigenvalue weighted by Gasteiger charge is 2.46. The van der Waals surface area contributed by atoms with Gasteiger partial charge in [0.05, 0.1) is 40.9 Å². The molecule has 0 saturated carbocycles. The van der Waals surface area contributed by atoms with Gasteiger partial charge in [-0.2, -0.15) is 10.2 Å². The molecule has 0 N–H and O–H groups in total. The fraction of sp³-hybridized carbons (Fsp3) is 0.273. The summed E-state index contributed by atoms with van der Waals surface area (Å²) in [5.41, 5.74) is 3.42. The normalized spacial score (nSPS) is 19.6. The fourth-order valence-electron chi connectivity index (χ4n) is 5.14. The Morgan fingerprint density at radius 1 is 1.12 bits per heavy atom. The molecule has 2 bridgehead atoms. The van der Waals surface area contributed by atoms with Crippen LogP contribution in [0.1, 0.15) is 40.5 Å². The van der Waals surface area contributed by atoms with Gasteiger partial charge in [-0.05, 0) is 31.4 Å². The highest BCUT2D eigenvalue weighted by atomic mass is 19.2. The molecule has 6 rings (SSSR count). The fourth-order valence-corrected chi connectivity index (χ4v) is 5.14. The Labute approximate surface area is 180 Å². The molecule has 5 heterocycles. The monoisotopic (exact) mass is 438 g/mol. The van der Waals surface area contributed by atoms with E-state index >= 15 is 0 Å². The molecule has 7 nitrogen and oxygen atoms in total. The van der Waals surface area contributed by atoms with Crippen molar-refractivity contribution in [2.45, 2.75) is 31.3 Å². The molecule has 0 radical (unpaired) electrons. The molecule has 162 valence electrons. The number of aryl methyl sites for hydroxylation is 1. The van der Waals surface area contributed by atoms with Crippen LogP contribution in [0, 0.1) is 17.5 Å². The summed E-state index contributed by atoms with van der Waals surface area (Å²) >= 11 is 0. The predicted octanol–water partition coefficient (Wildman–Crippen LogP) is 3.45. The average molecular weight is 438 g/mol. The molecule has 3 aromatic heterocycles. The van der Waals surface area contributed by atoms with Gasteiger partial charge in [-0.1, -0.05) is 0 Å². The molecular formula is C22H17F3N6O. The lowest BCUT2D eigenvalue weighted by Crippen LogP contribution is -2.41. The molecule has 4 aromatic rings. The first kappa shape index (κ1) is 19.0. The lowest BCUT2D eigenvalue weighted by molar-refractivity contribution is 0.0644. The summed E-state index contributed by atoms with van der Waals surface area (Å²) in [5.74, 6) is -4.12. The molecule has 10 heteroatoms. The standard InChI is InChI=1S/C22H17F3N6O/c1-29-21(11-6-15(23)19(25)16(24)7-11)13-8-12-2-3-17(20(13)28-29)31(12)22(32)14-9-27-30-5-4-26-10-18(14)30/h4-7,9-10,12,17H,2-3,8H2,1H3/t12-,17+/m1/s1. The molecule has 0 aliphatic carbocycles. The van der Waals surface area contributed by atoms with E-state index in [0.717, 1.165) is 30.5 Å². The van der Waals surface area contributed by atoms with Crippen molar-refractivity contribution in [1.82, 2.24) is 29.3 Å². The number of benzene rings is 1. The quantitative estimate of drug-likeness (QED) is 0.450. The van der Waals surface area contributed by atoms with Gasteiger partial charge in [0.25, 0.3) is 5.91 Å². The summed E-state index contributed by atoms with van der Waals surface area (Å²) in [6, 6.07) is 1.64. The Bertz CT molecular complexity index is 1390. The van der Waals surface area contributed by atoms with E-state index < -0.39 is 17.5 Å². The Morgan fingerprint density at radius 3 is 2.69 bits per heavy atom. The van der Waals surface area contributed by atoms with Crippen LogP contribution in [0.4, 0.5) is 13.2 Å². The number of nitrogens with zero attached hydrogens (tertiary/aromatic N) is 6. The van der Waals surface area contributed by atoms with E-state index in [9.17, 15) is 18.0 Å². The van der Waals surface area contributed by atoms with Gasteiger partial charge in [-0.15, -0.1) is 0 Å². The topological polar surface area (TPSA) is 68.3 Å². The van der Waals surface area contributed by atoms with Crippen LogP contribution < -0.4 is 0 Å². The average Bonchev–Trinajstić information content (AvgIpc) is 3.44. The number of hydrogen-bond donors (Lipinski definition) is 0. The van der Waals surface area contributed by atoms with Crippen molar-refractivity contribution in [2.75, 3.05) is 0 Å². The maximum atomic E-state index is 13.9. The molecule has 2 aliphatic heterocycles. The minimum atomic E-state index is -1.50. The van der Waals surface area contributed by atoms with E-state index in [0.29, 0.717) is 28.9 Å². The van der Waals surface area contributed by atoms with Gasteiger partial charge in [0.2, 0.25) is 0 Å². The first-order valence-corrected chi connectivity index (χ1v) is 10.2. The van der Waals surface area contributed by atoms with Gasteiger partial charge >= 0.3 is 0 Å². The minimum Gasteiger partial charge on any atom is -0.327 e. The maximum absolute atomic E-state index is 13.9. The third-order valence-electron chi connectivity index (χ3n) is 6.48. The second-order valence-electron chi connectivity index (χ2n) is 8.22. The molecule has 1 saturated heterocycles. The van der Waals surface area contributed by atoms with Gasteiger partial charge in [0, 0.05) is 36.6 Å². The SMILES string of the molecule is Cn1nc2c(c1-c1cc(F)c(F)c(F)c1)C[C@H]1CC[C@@H]2N1C(=O)c1cnn2ccncc12. The van der Waals surface area contributed by atoms with Crippen LogP contribution in [0.25, 0.3) is 16.8 Å². The van der Waals surface area contributed by atoms with Crippen LogP contribution in [0.15, 0.2) is 36.9 Å². The van der Waals surface area contributed by atoms with Crippen molar-refractivity contribution < 1.29 is 18.0 Å². The molecule has 2 aliphatic rings. The predicted molar refractivity (Wildman–Crippen MR) is 107 cm³/mol. The van der Waals surface area contributed by atoms with Crippen LogP contribution in [0.5, 0.6) is 0 Å². The number of halogens is 3. The third-order valence-corrected chi connectivity index (χ3v) is 6.48. The van der Waals surface area contributed by atoms with E-state index in [2.05, 4.69) is 15.2 Å². The molecular weight excluding hydrogens is 421 g/mol. The van der Waals surface area contributed by atoms with Crippen LogP contribution in [-0.4, -0.2) is 41.2 Å². The summed E-state index contributed by atoms with van der Waals surface area (Å²) < 4.78 is 44.5. The van der Waals surface area contributed by atoms with Crippen LogP contribution in [0.3, 0.4) is 0 Å². The number of aromatic nitrogens is 5. The maximum Gasteiger partial charge on any atom is 0.258 e. The van der Waals surface area contributed by atoms with E-state index in [1.807, 2.05) is 4.90 Å². The van der Waals surface area contributed by atoms with E-state index in [1.165, 1.54) is 0 Å². The third kappa shape index (κ3) is 2.55. The van der Waals surface area contributed by atoms with Crippen molar-refractivity contribution in [3.63, 3.8) is 0 Å². The van der Waals surface area contributed by atoms with Crippen molar-refractivity contribution in [3.05, 3.63) is 71.2 Å². The van der Waals surface area contributed by atoms with Gasteiger partial charge < -0.3 is 4.90 Å². The summed E-state index contributed by atoms with van der Waals surface area (Å²) in [4.78, 5) is 19.4. The van der Waals surface area contributed by atoms with E-state index in [-0.39, 0.29) is 23.6 Å². The Balaban J connectivity index is 1.43. The molecule has 1 aromatic carbocycles. The minimum absolute atomic E-state index is 0.0790. The second kappa shape index (κ2) is 6.65. The van der Waals surface area contributed by atoms with Crippen LogP contribution in [-0.2, 0) is 13.5 Å². The zero-order valence-corrected chi connectivity index (χ0v) is 17.0. The Hall–Kier alpha value is -3.69. The van der Waals surface area contributed by atoms with Crippen molar-refractivity contribution >= 4 is 11.4 Å². The molecule has 1 amide bonds. The largest absolute Gasteiger partial charge is 0.327 e. The Kier molecular flexibility index (Phi) is 3.96. The van der Waals surface area contributed by atoms with Crippen molar-refractivity contribution in [2.24, 2.45) is 7.05 Å². The summed E-state index contributed by atoms with van der Waals surface area (Å²) in [6.45, 7) is 0. The van der Waals surface area contributed by atoms with Crippen molar-refractivity contribution in [1.29, 1.82) is 0 Å². The number of rotatable bonds is 2. The second-order valence-corrected chi connectivity index (χ2v) is 8.22. The first-order chi connectivity index (χ1) is 15.4. The zero-order valence-electron chi connectivity index (χ0n) is 17.0. The van der Waals surface area contributed by atoms with E-state index in [4.69, 9.17) is 0 Å². The highest BCUT2D eigenvalue weighted by Crippen LogP contribution is 2.47. The first-order valence-electron chi connectivity index (χ1n) is 10.2. The molecule has 32 heavy (non-hydrogen) atoms. The lowest BCUT2D eigenvalue weighted by atomic mass is 9.94. The van der Waals surface area contributed by atoms with Crippen LogP contribution >= 0.6 is 0 Å². The number of carbonyl (C=O) groups is 1. The number of amides is 1.